The molecule has 0 saturated carbocycles. The molecule has 0 rings (SSSR count). The fourth-order valence-electron chi connectivity index (χ4n) is 1.58. The van der Waals surface area contributed by atoms with Gasteiger partial charge in [-0.1, -0.05) is 39.3 Å². The van der Waals surface area contributed by atoms with Crippen LogP contribution < -0.4 is 5.32 Å². The van der Waals surface area contributed by atoms with Crippen molar-refractivity contribution in [3.8, 4) is 0 Å². The van der Waals surface area contributed by atoms with Gasteiger partial charge in [0, 0.05) is 6.04 Å². The molecule has 14 heavy (non-hydrogen) atoms. The van der Waals surface area contributed by atoms with Crippen molar-refractivity contribution >= 4 is 0 Å². The quantitative estimate of drug-likeness (QED) is 0.662. The van der Waals surface area contributed by atoms with Crippen LogP contribution in [-0.4, -0.2) is 12.6 Å². The molecule has 0 bridgehead atoms. The molecule has 0 aromatic heterocycles. The Labute approximate surface area is 90.0 Å². The first-order valence-corrected chi connectivity index (χ1v) is 5.73. The van der Waals surface area contributed by atoms with Crippen molar-refractivity contribution < 1.29 is 0 Å². The summed E-state index contributed by atoms with van der Waals surface area (Å²) in [7, 11) is 0. The van der Waals surface area contributed by atoms with Crippen LogP contribution in [0.15, 0.2) is 11.6 Å². The molecule has 0 aliphatic carbocycles. The van der Waals surface area contributed by atoms with Crippen LogP contribution in [-0.2, 0) is 0 Å². The average molecular weight is 197 g/mol. The van der Waals surface area contributed by atoms with E-state index >= 15 is 0 Å². The SMILES string of the molecule is CCCNC(C=C(C)C)CC(C)(C)C. The van der Waals surface area contributed by atoms with Crippen LogP contribution in [0.3, 0.4) is 0 Å². The van der Waals surface area contributed by atoms with Crippen molar-refractivity contribution in [2.75, 3.05) is 6.54 Å². The van der Waals surface area contributed by atoms with E-state index in [9.17, 15) is 0 Å². The largest absolute Gasteiger partial charge is 0.311 e. The summed E-state index contributed by atoms with van der Waals surface area (Å²) in [6, 6.07) is 0.542. The highest BCUT2D eigenvalue weighted by Gasteiger charge is 2.16. The van der Waals surface area contributed by atoms with Gasteiger partial charge in [0.1, 0.15) is 0 Å². The Hall–Kier alpha value is -0.300. The van der Waals surface area contributed by atoms with Gasteiger partial charge in [0.2, 0.25) is 0 Å². The minimum absolute atomic E-state index is 0.400. The number of nitrogens with one attached hydrogen (secondary N) is 1. The Morgan fingerprint density at radius 3 is 2.21 bits per heavy atom. The Balaban J connectivity index is 4.18. The van der Waals surface area contributed by atoms with Gasteiger partial charge in [-0.05, 0) is 38.6 Å². The van der Waals surface area contributed by atoms with Crippen LogP contribution in [0.4, 0.5) is 0 Å². The summed E-state index contributed by atoms with van der Waals surface area (Å²) in [6.45, 7) is 14.6. The van der Waals surface area contributed by atoms with Crippen molar-refractivity contribution in [1.82, 2.24) is 5.32 Å². The van der Waals surface area contributed by atoms with Gasteiger partial charge in [0.05, 0.1) is 0 Å². The molecule has 1 atom stereocenters. The minimum atomic E-state index is 0.400. The molecule has 1 heteroatoms. The zero-order valence-electron chi connectivity index (χ0n) is 10.8. The molecule has 0 saturated heterocycles. The molecular weight excluding hydrogens is 170 g/mol. The van der Waals surface area contributed by atoms with E-state index in [4.69, 9.17) is 0 Å². The standard InChI is InChI=1S/C13H27N/c1-7-8-14-12(9-11(2)3)10-13(4,5)6/h9,12,14H,7-8,10H2,1-6H3. The predicted octanol–water partition coefficient (Wildman–Crippen LogP) is 3.76. The van der Waals surface area contributed by atoms with Gasteiger partial charge < -0.3 is 5.32 Å². The van der Waals surface area contributed by atoms with Crippen LogP contribution in [0, 0.1) is 5.41 Å². The first-order chi connectivity index (χ1) is 6.35. The van der Waals surface area contributed by atoms with Crippen LogP contribution in [0.25, 0.3) is 0 Å². The van der Waals surface area contributed by atoms with Crippen molar-refractivity contribution in [3.05, 3.63) is 11.6 Å². The Morgan fingerprint density at radius 2 is 1.86 bits per heavy atom. The molecule has 0 radical (unpaired) electrons. The zero-order chi connectivity index (χ0) is 11.2. The van der Waals surface area contributed by atoms with Crippen molar-refractivity contribution in [2.24, 2.45) is 5.41 Å². The Morgan fingerprint density at radius 1 is 1.29 bits per heavy atom. The fraction of sp³-hybridized carbons (Fsp3) is 0.846. The second-order valence-electron chi connectivity index (χ2n) is 5.57. The summed E-state index contributed by atoms with van der Waals surface area (Å²) in [5, 5.41) is 3.58. The average Bonchev–Trinajstić information content (AvgIpc) is 1.96. The summed E-state index contributed by atoms with van der Waals surface area (Å²) >= 11 is 0. The maximum atomic E-state index is 3.58. The van der Waals surface area contributed by atoms with E-state index in [1.165, 1.54) is 18.4 Å². The summed E-state index contributed by atoms with van der Waals surface area (Å²) in [4.78, 5) is 0. The van der Waals surface area contributed by atoms with Crippen LogP contribution in [0.5, 0.6) is 0 Å². The van der Waals surface area contributed by atoms with Crippen LogP contribution in [0.2, 0.25) is 0 Å². The van der Waals surface area contributed by atoms with E-state index in [1.54, 1.807) is 0 Å². The first kappa shape index (κ1) is 13.7. The smallest absolute Gasteiger partial charge is 0.0257 e. The van der Waals surface area contributed by atoms with Gasteiger partial charge in [-0.2, -0.15) is 0 Å². The summed E-state index contributed by atoms with van der Waals surface area (Å²) in [6.07, 6.45) is 4.76. The molecule has 84 valence electrons. The molecule has 0 aromatic rings. The maximum absolute atomic E-state index is 3.58. The maximum Gasteiger partial charge on any atom is 0.0257 e. The van der Waals surface area contributed by atoms with E-state index in [-0.39, 0.29) is 0 Å². The van der Waals surface area contributed by atoms with E-state index in [0.29, 0.717) is 11.5 Å². The highest BCUT2D eigenvalue weighted by Crippen LogP contribution is 2.21. The van der Waals surface area contributed by atoms with Gasteiger partial charge in [-0.15, -0.1) is 0 Å². The van der Waals surface area contributed by atoms with Crippen molar-refractivity contribution in [1.29, 1.82) is 0 Å². The predicted molar refractivity (Wildman–Crippen MR) is 65.6 cm³/mol. The fourth-order valence-corrected chi connectivity index (χ4v) is 1.58. The molecule has 0 aliphatic heterocycles. The van der Waals surface area contributed by atoms with E-state index < -0.39 is 0 Å². The summed E-state index contributed by atoms with van der Waals surface area (Å²) < 4.78 is 0. The molecule has 0 aromatic carbocycles. The van der Waals surface area contributed by atoms with Gasteiger partial charge in [-0.3, -0.25) is 0 Å². The number of allylic oxidation sites excluding steroid dienone is 1. The lowest BCUT2D eigenvalue weighted by molar-refractivity contribution is 0.334. The number of hydrogen-bond acceptors (Lipinski definition) is 1. The molecule has 1 unspecified atom stereocenters. The second kappa shape index (κ2) is 6.23. The zero-order valence-corrected chi connectivity index (χ0v) is 10.8. The van der Waals surface area contributed by atoms with Crippen molar-refractivity contribution in [3.63, 3.8) is 0 Å². The lowest BCUT2D eigenvalue weighted by Crippen LogP contribution is -2.32. The molecule has 1 N–H and O–H groups in total. The molecule has 0 amide bonds. The second-order valence-corrected chi connectivity index (χ2v) is 5.57. The molecular formula is C13H27N. The van der Waals surface area contributed by atoms with E-state index in [0.717, 1.165) is 6.54 Å². The molecule has 0 spiro atoms. The Bertz CT molecular complexity index is 170. The summed E-state index contributed by atoms with van der Waals surface area (Å²) in [5.74, 6) is 0. The van der Waals surface area contributed by atoms with Crippen LogP contribution in [0.1, 0.15) is 54.4 Å². The highest BCUT2D eigenvalue weighted by atomic mass is 14.9. The van der Waals surface area contributed by atoms with Gasteiger partial charge >= 0.3 is 0 Å². The number of rotatable bonds is 5. The van der Waals surface area contributed by atoms with Crippen LogP contribution >= 0.6 is 0 Å². The van der Waals surface area contributed by atoms with Crippen molar-refractivity contribution in [2.45, 2.75) is 60.4 Å². The third-order valence-corrected chi connectivity index (χ3v) is 2.02. The third-order valence-electron chi connectivity index (χ3n) is 2.02. The van der Waals surface area contributed by atoms with E-state index in [1.807, 2.05) is 0 Å². The summed E-state index contributed by atoms with van der Waals surface area (Å²) in [5.41, 5.74) is 1.81. The van der Waals surface area contributed by atoms with Gasteiger partial charge in [0.15, 0.2) is 0 Å². The lowest BCUT2D eigenvalue weighted by Gasteiger charge is -2.25. The Kier molecular flexibility index (Phi) is 6.10. The molecule has 0 fully saturated rings. The minimum Gasteiger partial charge on any atom is -0.311 e. The van der Waals surface area contributed by atoms with Gasteiger partial charge in [-0.25, -0.2) is 0 Å². The number of hydrogen-bond donors (Lipinski definition) is 1. The molecule has 1 nitrogen and oxygen atoms in total. The normalized spacial score (nSPS) is 13.9. The topological polar surface area (TPSA) is 12.0 Å². The monoisotopic (exact) mass is 197 g/mol. The lowest BCUT2D eigenvalue weighted by atomic mass is 9.87. The molecule has 0 heterocycles. The highest BCUT2D eigenvalue weighted by molar-refractivity contribution is 5.02. The first-order valence-electron chi connectivity index (χ1n) is 5.73. The molecule has 0 aliphatic rings. The third kappa shape index (κ3) is 8.31. The van der Waals surface area contributed by atoms with Gasteiger partial charge in [0.25, 0.3) is 0 Å². The van der Waals surface area contributed by atoms with E-state index in [2.05, 4.69) is 52.9 Å².